The molecule has 0 aliphatic heterocycles. The predicted molar refractivity (Wildman–Crippen MR) is 64.5 cm³/mol. The lowest BCUT2D eigenvalue weighted by atomic mass is 10.3. The van der Waals surface area contributed by atoms with Gasteiger partial charge in [-0.1, -0.05) is 6.07 Å². The molecule has 17 heavy (non-hydrogen) atoms. The van der Waals surface area contributed by atoms with Gasteiger partial charge in [0.15, 0.2) is 5.75 Å². The van der Waals surface area contributed by atoms with Gasteiger partial charge >= 0.3 is 0 Å². The van der Waals surface area contributed by atoms with Crippen LogP contribution in [-0.4, -0.2) is 21.8 Å². The van der Waals surface area contributed by atoms with Crippen LogP contribution in [0, 0.1) is 0 Å². The maximum absolute atomic E-state index is 5.58. The van der Waals surface area contributed by atoms with E-state index in [1.54, 1.807) is 10.9 Å². The SMILES string of the molecule is CNCc1cccc(COc2cnn(C)c2)n1. The number of aryl methyl sites for hydroxylation is 1. The Morgan fingerprint density at radius 2 is 2.18 bits per heavy atom. The van der Waals surface area contributed by atoms with Crippen LogP contribution in [0.3, 0.4) is 0 Å². The summed E-state index contributed by atoms with van der Waals surface area (Å²) in [6.07, 6.45) is 3.52. The van der Waals surface area contributed by atoms with Crippen LogP contribution < -0.4 is 10.1 Å². The van der Waals surface area contributed by atoms with Crippen molar-refractivity contribution in [2.45, 2.75) is 13.2 Å². The van der Waals surface area contributed by atoms with Crippen molar-refractivity contribution in [3.63, 3.8) is 0 Å². The lowest BCUT2D eigenvalue weighted by Crippen LogP contribution is -2.08. The summed E-state index contributed by atoms with van der Waals surface area (Å²) in [5.41, 5.74) is 1.93. The lowest BCUT2D eigenvalue weighted by molar-refractivity contribution is 0.300. The number of rotatable bonds is 5. The highest BCUT2D eigenvalue weighted by Crippen LogP contribution is 2.09. The maximum atomic E-state index is 5.58. The monoisotopic (exact) mass is 232 g/mol. The molecule has 0 aromatic carbocycles. The molecule has 0 spiro atoms. The lowest BCUT2D eigenvalue weighted by Gasteiger charge is -2.05. The van der Waals surface area contributed by atoms with Gasteiger partial charge in [-0.3, -0.25) is 9.67 Å². The Kier molecular flexibility index (Phi) is 3.72. The molecule has 2 aromatic heterocycles. The van der Waals surface area contributed by atoms with Gasteiger partial charge in [-0.25, -0.2) is 0 Å². The zero-order valence-corrected chi connectivity index (χ0v) is 10.1. The van der Waals surface area contributed by atoms with Crippen LogP contribution in [0.25, 0.3) is 0 Å². The summed E-state index contributed by atoms with van der Waals surface area (Å²) in [4.78, 5) is 4.47. The van der Waals surface area contributed by atoms with E-state index in [1.165, 1.54) is 0 Å². The Labute approximate surface area is 100 Å². The molecule has 0 fully saturated rings. The number of hydrogen-bond acceptors (Lipinski definition) is 4. The maximum Gasteiger partial charge on any atom is 0.157 e. The van der Waals surface area contributed by atoms with Crippen molar-refractivity contribution in [2.24, 2.45) is 7.05 Å². The summed E-state index contributed by atoms with van der Waals surface area (Å²) < 4.78 is 7.29. The minimum Gasteiger partial charge on any atom is -0.484 e. The largest absolute Gasteiger partial charge is 0.484 e. The van der Waals surface area contributed by atoms with E-state index in [2.05, 4.69) is 15.4 Å². The summed E-state index contributed by atoms with van der Waals surface area (Å²) in [6, 6.07) is 5.93. The summed E-state index contributed by atoms with van der Waals surface area (Å²) in [5, 5.41) is 7.11. The van der Waals surface area contributed by atoms with Gasteiger partial charge in [0, 0.05) is 13.6 Å². The topological polar surface area (TPSA) is 52.0 Å². The van der Waals surface area contributed by atoms with E-state index < -0.39 is 0 Å². The molecule has 2 aromatic rings. The van der Waals surface area contributed by atoms with Crippen molar-refractivity contribution in [3.05, 3.63) is 42.0 Å². The fourth-order valence-electron chi connectivity index (χ4n) is 1.52. The van der Waals surface area contributed by atoms with Crippen molar-refractivity contribution in [1.29, 1.82) is 0 Å². The number of nitrogens with one attached hydrogen (secondary N) is 1. The first kappa shape index (κ1) is 11.6. The highest BCUT2D eigenvalue weighted by molar-refractivity contribution is 5.14. The third-order valence-electron chi connectivity index (χ3n) is 2.29. The van der Waals surface area contributed by atoms with Gasteiger partial charge in [-0.05, 0) is 19.2 Å². The predicted octanol–water partition coefficient (Wildman–Crippen LogP) is 1.11. The second kappa shape index (κ2) is 5.45. The first-order chi connectivity index (χ1) is 8.28. The van der Waals surface area contributed by atoms with Crippen LogP contribution in [0.15, 0.2) is 30.6 Å². The fraction of sp³-hybridized carbons (Fsp3) is 0.333. The van der Waals surface area contributed by atoms with Gasteiger partial charge in [-0.2, -0.15) is 5.10 Å². The van der Waals surface area contributed by atoms with Gasteiger partial charge in [0.05, 0.1) is 23.8 Å². The Bertz CT molecular complexity index is 481. The Morgan fingerprint density at radius 3 is 2.88 bits per heavy atom. The molecule has 0 amide bonds. The number of ether oxygens (including phenoxy) is 1. The van der Waals surface area contributed by atoms with Crippen molar-refractivity contribution < 1.29 is 4.74 Å². The van der Waals surface area contributed by atoms with Crippen LogP contribution in [0.1, 0.15) is 11.4 Å². The van der Waals surface area contributed by atoms with E-state index in [0.717, 1.165) is 23.7 Å². The van der Waals surface area contributed by atoms with Gasteiger partial charge in [0.25, 0.3) is 0 Å². The Morgan fingerprint density at radius 1 is 1.35 bits per heavy atom. The molecule has 0 aliphatic rings. The van der Waals surface area contributed by atoms with Gasteiger partial charge < -0.3 is 10.1 Å². The van der Waals surface area contributed by atoms with Crippen LogP contribution in [0.2, 0.25) is 0 Å². The molecule has 90 valence electrons. The minimum atomic E-state index is 0.462. The molecule has 0 radical (unpaired) electrons. The zero-order valence-electron chi connectivity index (χ0n) is 10.1. The molecule has 0 bridgehead atoms. The van der Waals surface area contributed by atoms with E-state index in [1.807, 2.05) is 38.5 Å². The van der Waals surface area contributed by atoms with Crippen LogP contribution in [0.5, 0.6) is 5.75 Å². The molecular weight excluding hydrogens is 216 g/mol. The highest BCUT2D eigenvalue weighted by atomic mass is 16.5. The molecule has 5 heteroatoms. The molecule has 0 atom stereocenters. The third-order valence-corrected chi connectivity index (χ3v) is 2.29. The van der Waals surface area contributed by atoms with Gasteiger partial charge in [0.1, 0.15) is 6.61 Å². The summed E-state index contributed by atoms with van der Waals surface area (Å²) in [6.45, 7) is 1.23. The quantitative estimate of drug-likeness (QED) is 0.839. The van der Waals surface area contributed by atoms with Crippen LogP contribution in [-0.2, 0) is 20.2 Å². The molecule has 5 nitrogen and oxygen atoms in total. The van der Waals surface area contributed by atoms with Crippen LogP contribution >= 0.6 is 0 Å². The second-order valence-corrected chi connectivity index (χ2v) is 3.79. The van der Waals surface area contributed by atoms with Crippen molar-refractivity contribution in [3.8, 4) is 5.75 Å². The van der Waals surface area contributed by atoms with Crippen molar-refractivity contribution in [1.82, 2.24) is 20.1 Å². The van der Waals surface area contributed by atoms with Gasteiger partial charge in [0.2, 0.25) is 0 Å². The van der Waals surface area contributed by atoms with E-state index in [0.29, 0.717) is 6.61 Å². The van der Waals surface area contributed by atoms with Gasteiger partial charge in [-0.15, -0.1) is 0 Å². The summed E-state index contributed by atoms with van der Waals surface area (Å²) >= 11 is 0. The standard InChI is InChI=1S/C12H16N4O/c1-13-6-10-4-3-5-11(15-10)9-17-12-7-14-16(2)8-12/h3-5,7-8,13H,6,9H2,1-2H3. The van der Waals surface area contributed by atoms with Crippen molar-refractivity contribution >= 4 is 0 Å². The highest BCUT2D eigenvalue weighted by Gasteiger charge is 2.00. The molecule has 0 unspecified atom stereocenters. The molecular formula is C12H16N4O. The number of aromatic nitrogens is 3. The van der Waals surface area contributed by atoms with E-state index in [4.69, 9.17) is 4.74 Å². The zero-order chi connectivity index (χ0) is 12.1. The van der Waals surface area contributed by atoms with Crippen LogP contribution in [0.4, 0.5) is 0 Å². The third kappa shape index (κ3) is 3.29. The van der Waals surface area contributed by atoms with E-state index in [-0.39, 0.29) is 0 Å². The first-order valence-electron chi connectivity index (χ1n) is 5.49. The van der Waals surface area contributed by atoms with E-state index in [9.17, 15) is 0 Å². The Balaban J connectivity index is 1.96. The molecule has 0 saturated carbocycles. The van der Waals surface area contributed by atoms with E-state index >= 15 is 0 Å². The molecule has 1 N–H and O–H groups in total. The summed E-state index contributed by atoms with van der Waals surface area (Å²) in [7, 11) is 3.76. The normalized spacial score (nSPS) is 10.5. The number of pyridine rings is 1. The molecule has 0 saturated heterocycles. The number of nitrogens with zero attached hydrogens (tertiary/aromatic N) is 3. The summed E-state index contributed by atoms with van der Waals surface area (Å²) in [5.74, 6) is 0.758. The average molecular weight is 232 g/mol. The van der Waals surface area contributed by atoms with Crippen molar-refractivity contribution in [2.75, 3.05) is 7.05 Å². The molecule has 2 rings (SSSR count). The molecule has 2 heterocycles. The second-order valence-electron chi connectivity index (χ2n) is 3.79. The average Bonchev–Trinajstić information content (AvgIpc) is 2.74. The molecule has 0 aliphatic carbocycles. The first-order valence-corrected chi connectivity index (χ1v) is 5.49. The smallest absolute Gasteiger partial charge is 0.157 e. The fourth-order valence-corrected chi connectivity index (χ4v) is 1.52. The number of hydrogen-bond donors (Lipinski definition) is 1. The minimum absolute atomic E-state index is 0.462. The Hall–Kier alpha value is -1.88.